The fourth-order valence-electron chi connectivity index (χ4n) is 0.868. The lowest BCUT2D eigenvalue weighted by molar-refractivity contribution is -0.812. The zero-order valence-electron chi connectivity index (χ0n) is 10.5. The van der Waals surface area contributed by atoms with Gasteiger partial charge in [-0.2, -0.15) is 0 Å². The number of aliphatic hydroxyl groups is 1. The van der Waals surface area contributed by atoms with Crippen molar-refractivity contribution in [2.24, 2.45) is 0 Å². The summed E-state index contributed by atoms with van der Waals surface area (Å²) in [6.07, 6.45) is 0. The number of hydrogen-bond donors (Lipinski definition) is 1. The van der Waals surface area contributed by atoms with Gasteiger partial charge in [-0.05, 0) is 6.92 Å². The molecule has 7 nitrogen and oxygen atoms in total. The van der Waals surface area contributed by atoms with Crippen LogP contribution in [-0.2, 0) is 19.4 Å². The van der Waals surface area contributed by atoms with E-state index in [1.807, 2.05) is 0 Å². The SMILES string of the molecule is C=C(C)C(=O)[N+](C)(C)CCO.COS(=O)(=O)[O-]. The van der Waals surface area contributed by atoms with Gasteiger partial charge in [0.1, 0.15) is 6.54 Å². The molecule has 0 rings (SSSR count). The normalized spacial score (nSPS) is 11.4. The van der Waals surface area contributed by atoms with Crippen LogP contribution in [0, 0.1) is 0 Å². The van der Waals surface area contributed by atoms with Crippen molar-refractivity contribution < 1.29 is 31.5 Å². The van der Waals surface area contributed by atoms with Gasteiger partial charge < -0.3 is 9.66 Å². The van der Waals surface area contributed by atoms with E-state index in [-0.39, 0.29) is 17.0 Å². The summed E-state index contributed by atoms with van der Waals surface area (Å²) in [6, 6.07) is 0. The first-order chi connectivity index (χ1) is 7.48. The van der Waals surface area contributed by atoms with E-state index in [2.05, 4.69) is 10.8 Å². The lowest BCUT2D eigenvalue weighted by Gasteiger charge is -2.25. The maximum Gasteiger partial charge on any atom is 0.340 e. The second-order valence-electron chi connectivity index (χ2n) is 3.79. The summed E-state index contributed by atoms with van der Waals surface area (Å²) in [5.74, 6) is -0.0287. The molecule has 0 aromatic carbocycles. The summed E-state index contributed by atoms with van der Waals surface area (Å²) in [5, 5.41) is 8.64. The van der Waals surface area contributed by atoms with Crippen molar-refractivity contribution >= 4 is 16.3 Å². The van der Waals surface area contributed by atoms with Crippen LogP contribution in [-0.4, -0.2) is 62.8 Å². The fourth-order valence-corrected chi connectivity index (χ4v) is 0.868. The Balaban J connectivity index is 0. The molecule has 0 saturated carbocycles. The van der Waals surface area contributed by atoms with Crippen LogP contribution in [0.5, 0.6) is 0 Å². The molecule has 0 aliphatic heterocycles. The molecule has 0 saturated heterocycles. The largest absolute Gasteiger partial charge is 0.726 e. The average Bonchev–Trinajstić information content (AvgIpc) is 2.16. The molecule has 8 heteroatoms. The molecule has 0 heterocycles. The van der Waals surface area contributed by atoms with Crippen molar-refractivity contribution in [1.29, 1.82) is 0 Å². The first-order valence-electron chi connectivity index (χ1n) is 4.63. The minimum atomic E-state index is -4.41. The molecule has 0 spiro atoms. The predicted molar refractivity (Wildman–Crippen MR) is 60.6 cm³/mol. The Morgan fingerprint density at radius 3 is 2.00 bits per heavy atom. The van der Waals surface area contributed by atoms with Crippen LogP contribution in [0.2, 0.25) is 0 Å². The van der Waals surface area contributed by atoms with Gasteiger partial charge in [-0.1, -0.05) is 6.58 Å². The second-order valence-corrected chi connectivity index (χ2v) is 4.94. The molecule has 0 aromatic heterocycles. The van der Waals surface area contributed by atoms with Gasteiger partial charge in [0, 0.05) is 5.57 Å². The molecule has 1 N–H and O–H groups in total. The molecule has 1 amide bonds. The van der Waals surface area contributed by atoms with E-state index in [1.54, 1.807) is 21.0 Å². The smallest absolute Gasteiger partial charge is 0.340 e. The quantitative estimate of drug-likeness (QED) is 0.312. The number of quaternary nitrogens is 1. The van der Waals surface area contributed by atoms with E-state index in [4.69, 9.17) is 5.11 Å². The molecular weight excluding hydrogens is 250 g/mol. The standard InChI is InChI=1S/C8H16NO2.CH4O4S/c1-7(2)8(11)9(3,4)5-6-10;1-5-6(2,3)4/h10H,1,5-6H2,2-4H3;1H3,(H,2,3,4)/q+1;/p-1. The topological polar surface area (TPSA) is 104 Å². The number of nitrogens with zero attached hydrogens (tertiary/aromatic N) is 1. The van der Waals surface area contributed by atoms with E-state index in [0.29, 0.717) is 12.1 Å². The minimum Gasteiger partial charge on any atom is -0.726 e. The highest BCUT2D eigenvalue weighted by molar-refractivity contribution is 7.80. The third-order valence-electron chi connectivity index (χ3n) is 1.78. The van der Waals surface area contributed by atoms with Gasteiger partial charge in [0.2, 0.25) is 10.4 Å². The van der Waals surface area contributed by atoms with E-state index < -0.39 is 10.4 Å². The van der Waals surface area contributed by atoms with Crippen LogP contribution in [0.1, 0.15) is 6.92 Å². The first-order valence-corrected chi connectivity index (χ1v) is 5.97. The molecule has 0 aromatic rings. The Labute approximate surface area is 102 Å². The number of aliphatic hydroxyl groups excluding tert-OH is 1. The first kappa shape index (κ1) is 18.6. The van der Waals surface area contributed by atoms with Crippen molar-refractivity contribution in [2.45, 2.75) is 6.92 Å². The van der Waals surface area contributed by atoms with Crippen LogP contribution < -0.4 is 0 Å². The van der Waals surface area contributed by atoms with E-state index in [0.717, 1.165) is 7.11 Å². The Morgan fingerprint density at radius 2 is 1.82 bits per heavy atom. The minimum absolute atomic E-state index is 0.0199. The van der Waals surface area contributed by atoms with Gasteiger partial charge in [-0.25, -0.2) is 13.2 Å². The third kappa shape index (κ3) is 10.1. The van der Waals surface area contributed by atoms with Gasteiger partial charge >= 0.3 is 5.91 Å². The molecule has 0 unspecified atom stereocenters. The van der Waals surface area contributed by atoms with Gasteiger partial charge in [0.15, 0.2) is 0 Å². The van der Waals surface area contributed by atoms with Crippen molar-refractivity contribution in [1.82, 2.24) is 0 Å². The maximum atomic E-state index is 11.3. The Morgan fingerprint density at radius 1 is 1.47 bits per heavy atom. The lowest BCUT2D eigenvalue weighted by Crippen LogP contribution is -2.47. The van der Waals surface area contributed by atoms with Crippen LogP contribution in [0.3, 0.4) is 0 Å². The highest BCUT2D eigenvalue weighted by Gasteiger charge is 2.25. The number of amides is 1. The van der Waals surface area contributed by atoms with Crippen LogP contribution in [0.25, 0.3) is 0 Å². The number of carbonyl (C=O) groups is 1. The predicted octanol–water partition coefficient (Wildman–Crippen LogP) is -0.749. The summed E-state index contributed by atoms with van der Waals surface area (Å²) in [4.78, 5) is 11.3. The Kier molecular flexibility index (Phi) is 8.20. The molecule has 17 heavy (non-hydrogen) atoms. The molecule has 0 atom stereocenters. The molecule has 0 aliphatic rings. The summed E-state index contributed by atoms with van der Waals surface area (Å²) in [7, 11) is -0.0898. The third-order valence-corrected chi connectivity index (χ3v) is 2.19. The monoisotopic (exact) mass is 269 g/mol. The van der Waals surface area contributed by atoms with Crippen LogP contribution in [0.15, 0.2) is 12.2 Å². The van der Waals surface area contributed by atoms with Crippen molar-refractivity contribution in [3.05, 3.63) is 12.2 Å². The van der Waals surface area contributed by atoms with Gasteiger partial charge in [0.05, 0.1) is 27.8 Å². The van der Waals surface area contributed by atoms with Crippen molar-refractivity contribution in [3.8, 4) is 0 Å². The maximum absolute atomic E-state index is 11.3. The number of hydrogen-bond acceptors (Lipinski definition) is 6. The molecular formula is C9H19NO6S. The number of rotatable bonds is 4. The van der Waals surface area contributed by atoms with Gasteiger partial charge in [-0.15, -0.1) is 0 Å². The summed E-state index contributed by atoms with van der Waals surface area (Å²) >= 11 is 0. The zero-order valence-corrected chi connectivity index (χ0v) is 11.3. The molecule has 0 radical (unpaired) electrons. The highest BCUT2D eigenvalue weighted by atomic mass is 32.3. The highest BCUT2D eigenvalue weighted by Crippen LogP contribution is 2.03. The molecule has 0 fully saturated rings. The Hall–Kier alpha value is -0.800. The zero-order chi connectivity index (χ0) is 14.3. The summed E-state index contributed by atoms with van der Waals surface area (Å²) < 4.78 is 31.2. The van der Waals surface area contributed by atoms with E-state index >= 15 is 0 Å². The fraction of sp³-hybridized carbons (Fsp3) is 0.667. The Bertz CT molecular complexity index is 360. The van der Waals surface area contributed by atoms with Gasteiger partial charge in [-0.3, -0.25) is 8.67 Å². The molecule has 0 bridgehead atoms. The lowest BCUT2D eigenvalue weighted by atomic mass is 10.3. The summed E-state index contributed by atoms with van der Waals surface area (Å²) in [5.41, 5.74) is 0.531. The summed E-state index contributed by atoms with van der Waals surface area (Å²) in [6.45, 7) is 5.69. The second kappa shape index (κ2) is 7.51. The van der Waals surface area contributed by atoms with E-state index in [9.17, 15) is 17.8 Å². The van der Waals surface area contributed by atoms with Gasteiger partial charge in [0.25, 0.3) is 0 Å². The van der Waals surface area contributed by atoms with Crippen molar-refractivity contribution in [2.75, 3.05) is 34.4 Å². The van der Waals surface area contributed by atoms with E-state index in [1.165, 1.54) is 0 Å². The van der Waals surface area contributed by atoms with Crippen LogP contribution >= 0.6 is 0 Å². The molecule has 102 valence electrons. The number of carbonyl (C=O) groups excluding carboxylic acids is 1. The molecule has 0 aliphatic carbocycles. The average molecular weight is 269 g/mol. The van der Waals surface area contributed by atoms with Crippen molar-refractivity contribution in [3.63, 3.8) is 0 Å². The van der Waals surface area contributed by atoms with Crippen LogP contribution in [0.4, 0.5) is 0 Å². The number of likely N-dealkylation sites (N-methyl/N-ethyl adjacent to an activating group) is 1.